The molecule has 0 atom stereocenters. The Hall–Kier alpha value is -2.14. The summed E-state index contributed by atoms with van der Waals surface area (Å²) in [6.45, 7) is -0.0801. The maximum Gasteiger partial charge on any atom is 0.244 e. The second-order valence-electron chi connectivity index (χ2n) is 2.93. The summed E-state index contributed by atoms with van der Waals surface area (Å²) in [5.74, 6) is 0.229. The fourth-order valence-electron chi connectivity index (χ4n) is 0.965. The van der Waals surface area contributed by atoms with E-state index >= 15 is 0 Å². The van der Waals surface area contributed by atoms with E-state index in [-0.39, 0.29) is 23.2 Å². The van der Waals surface area contributed by atoms with Crippen LogP contribution in [0.15, 0.2) is 17.3 Å². The van der Waals surface area contributed by atoms with Gasteiger partial charge in [0.25, 0.3) is 0 Å². The van der Waals surface area contributed by atoms with Gasteiger partial charge >= 0.3 is 0 Å². The predicted octanol–water partition coefficient (Wildman–Crippen LogP) is -1.95. The first-order valence-electron chi connectivity index (χ1n) is 4.37. The van der Waals surface area contributed by atoms with E-state index in [9.17, 15) is 8.42 Å². The van der Waals surface area contributed by atoms with Crippen LogP contribution in [0.1, 0.15) is 5.82 Å². The molecule has 0 aliphatic rings. The Kier molecular flexibility index (Phi) is 2.93. The SMILES string of the molecule is Nc1ncc(S(=O)(=O)NCc2nn[nH]n2)cn1. The van der Waals surface area contributed by atoms with Crippen molar-refractivity contribution in [2.75, 3.05) is 5.73 Å². The number of tetrazole rings is 1. The zero-order valence-corrected chi connectivity index (χ0v) is 9.22. The number of H-pyrrole nitrogens is 1. The van der Waals surface area contributed by atoms with Gasteiger partial charge in [-0.1, -0.05) is 5.21 Å². The number of sulfonamides is 1. The molecule has 17 heavy (non-hydrogen) atoms. The summed E-state index contributed by atoms with van der Waals surface area (Å²) >= 11 is 0. The summed E-state index contributed by atoms with van der Waals surface area (Å²) in [7, 11) is -3.71. The molecule has 0 aliphatic heterocycles. The molecule has 0 saturated heterocycles. The van der Waals surface area contributed by atoms with Gasteiger partial charge in [0.2, 0.25) is 16.0 Å². The Morgan fingerprint density at radius 2 is 2.06 bits per heavy atom. The number of aromatic amines is 1. The van der Waals surface area contributed by atoms with Crippen molar-refractivity contribution in [2.24, 2.45) is 0 Å². The molecule has 10 nitrogen and oxygen atoms in total. The quantitative estimate of drug-likeness (QED) is 0.570. The Morgan fingerprint density at radius 3 is 2.65 bits per heavy atom. The second-order valence-corrected chi connectivity index (χ2v) is 4.70. The first kappa shape index (κ1) is 11.3. The minimum absolute atomic E-state index is 0.00196. The van der Waals surface area contributed by atoms with Crippen molar-refractivity contribution < 1.29 is 8.42 Å². The first-order chi connectivity index (χ1) is 8.08. The van der Waals surface area contributed by atoms with Crippen molar-refractivity contribution in [1.29, 1.82) is 0 Å². The number of anilines is 1. The van der Waals surface area contributed by atoms with Gasteiger partial charge < -0.3 is 5.73 Å². The molecule has 2 aromatic rings. The van der Waals surface area contributed by atoms with E-state index < -0.39 is 10.0 Å². The summed E-state index contributed by atoms with van der Waals surface area (Å²) in [6.07, 6.45) is 2.22. The van der Waals surface area contributed by atoms with Crippen LogP contribution in [0.25, 0.3) is 0 Å². The molecular weight excluding hydrogens is 248 g/mol. The number of nitrogens with two attached hydrogens (primary N) is 1. The number of nitrogens with zero attached hydrogens (tertiary/aromatic N) is 5. The second kappa shape index (κ2) is 4.39. The van der Waals surface area contributed by atoms with Crippen molar-refractivity contribution in [3.05, 3.63) is 18.2 Å². The Labute approximate surface area is 95.7 Å². The summed E-state index contributed by atoms with van der Waals surface area (Å²) in [4.78, 5) is 7.09. The van der Waals surface area contributed by atoms with Crippen molar-refractivity contribution in [1.82, 2.24) is 35.3 Å². The summed E-state index contributed by atoms with van der Waals surface area (Å²) in [6, 6.07) is 0. The standard InChI is InChI=1S/C6H8N8O2S/c7-6-8-1-4(2-9-6)17(15,16)10-3-5-11-13-14-12-5/h1-2,10H,3H2,(H2,7,8,9)(H,11,12,13,14). The van der Waals surface area contributed by atoms with E-state index in [2.05, 4.69) is 35.3 Å². The van der Waals surface area contributed by atoms with Gasteiger partial charge in [0.15, 0.2) is 5.82 Å². The van der Waals surface area contributed by atoms with E-state index in [1.54, 1.807) is 0 Å². The lowest BCUT2D eigenvalue weighted by Crippen LogP contribution is -2.24. The lowest BCUT2D eigenvalue weighted by atomic mass is 10.6. The van der Waals surface area contributed by atoms with Gasteiger partial charge in [-0.15, -0.1) is 10.2 Å². The molecule has 0 spiro atoms. The molecular formula is C6H8N8O2S. The van der Waals surface area contributed by atoms with E-state index in [0.717, 1.165) is 12.4 Å². The molecule has 0 amide bonds. The number of rotatable bonds is 4. The number of hydrogen-bond acceptors (Lipinski definition) is 8. The molecule has 2 heterocycles. The fraction of sp³-hybridized carbons (Fsp3) is 0.167. The van der Waals surface area contributed by atoms with E-state index in [1.807, 2.05) is 0 Å². The van der Waals surface area contributed by atoms with Crippen molar-refractivity contribution in [2.45, 2.75) is 11.4 Å². The third-order valence-electron chi connectivity index (χ3n) is 1.77. The molecule has 90 valence electrons. The highest BCUT2D eigenvalue weighted by Gasteiger charge is 2.15. The molecule has 11 heteroatoms. The van der Waals surface area contributed by atoms with Crippen LogP contribution >= 0.6 is 0 Å². The average Bonchev–Trinajstić information content (AvgIpc) is 2.80. The third-order valence-corrected chi connectivity index (χ3v) is 3.12. The van der Waals surface area contributed by atoms with Gasteiger partial charge in [0, 0.05) is 0 Å². The largest absolute Gasteiger partial charge is 0.368 e. The highest BCUT2D eigenvalue weighted by molar-refractivity contribution is 7.89. The van der Waals surface area contributed by atoms with Gasteiger partial charge in [-0.3, -0.25) is 0 Å². The van der Waals surface area contributed by atoms with Crippen LogP contribution in [0.2, 0.25) is 0 Å². The maximum atomic E-state index is 11.7. The molecule has 2 aromatic heterocycles. The predicted molar refractivity (Wildman–Crippen MR) is 54.6 cm³/mol. The fourth-order valence-corrected chi connectivity index (χ4v) is 1.83. The van der Waals surface area contributed by atoms with Gasteiger partial charge in [-0.05, 0) is 0 Å². The normalized spacial score (nSPS) is 11.5. The van der Waals surface area contributed by atoms with Crippen LogP contribution in [-0.4, -0.2) is 39.0 Å². The summed E-state index contributed by atoms with van der Waals surface area (Å²) in [5.41, 5.74) is 5.25. The van der Waals surface area contributed by atoms with Crippen LogP contribution in [0.4, 0.5) is 5.95 Å². The molecule has 2 rings (SSSR count). The number of nitrogen functional groups attached to an aromatic ring is 1. The third kappa shape index (κ3) is 2.70. The van der Waals surface area contributed by atoms with Crippen LogP contribution in [0, 0.1) is 0 Å². The van der Waals surface area contributed by atoms with E-state index in [4.69, 9.17) is 5.73 Å². The van der Waals surface area contributed by atoms with Crippen molar-refractivity contribution in [3.8, 4) is 0 Å². The highest BCUT2D eigenvalue weighted by Crippen LogP contribution is 2.05. The molecule has 0 fully saturated rings. The monoisotopic (exact) mass is 256 g/mol. The summed E-state index contributed by atoms with van der Waals surface area (Å²) in [5, 5.41) is 12.7. The molecule has 0 radical (unpaired) electrons. The van der Waals surface area contributed by atoms with Crippen LogP contribution in [0.3, 0.4) is 0 Å². The van der Waals surface area contributed by atoms with Gasteiger partial charge in [-0.25, -0.2) is 23.1 Å². The van der Waals surface area contributed by atoms with Crippen molar-refractivity contribution in [3.63, 3.8) is 0 Å². The molecule has 0 saturated carbocycles. The van der Waals surface area contributed by atoms with Gasteiger partial charge in [-0.2, -0.15) is 5.21 Å². The van der Waals surface area contributed by atoms with E-state index in [1.165, 1.54) is 0 Å². The van der Waals surface area contributed by atoms with Crippen molar-refractivity contribution >= 4 is 16.0 Å². The average molecular weight is 256 g/mol. The lowest BCUT2D eigenvalue weighted by Gasteiger charge is -2.03. The zero-order valence-electron chi connectivity index (χ0n) is 8.40. The Bertz CT molecular complexity index is 577. The summed E-state index contributed by atoms with van der Waals surface area (Å²) < 4.78 is 25.7. The topological polar surface area (TPSA) is 152 Å². The van der Waals surface area contributed by atoms with E-state index in [0.29, 0.717) is 0 Å². The Morgan fingerprint density at radius 1 is 1.35 bits per heavy atom. The smallest absolute Gasteiger partial charge is 0.244 e. The van der Waals surface area contributed by atoms with Gasteiger partial charge in [0.05, 0.1) is 18.9 Å². The van der Waals surface area contributed by atoms with Crippen LogP contribution in [-0.2, 0) is 16.6 Å². The zero-order chi connectivity index (χ0) is 12.3. The lowest BCUT2D eigenvalue weighted by molar-refractivity contribution is 0.578. The molecule has 0 bridgehead atoms. The molecule has 0 aliphatic carbocycles. The molecule has 0 aromatic carbocycles. The Balaban J connectivity index is 2.11. The number of aromatic nitrogens is 6. The van der Waals surface area contributed by atoms with Gasteiger partial charge in [0.1, 0.15) is 4.90 Å². The number of hydrogen-bond donors (Lipinski definition) is 3. The minimum Gasteiger partial charge on any atom is -0.368 e. The first-order valence-corrected chi connectivity index (χ1v) is 5.86. The van der Waals surface area contributed by atoms with Crippen LogP contribution in [0.5, 0.6) is 0 Å². The van der Waals surface area contributed by atoms with Crippen LogP contribution < -0.4 is 10.5 Å². The molecule has 0 unspecified atom stereocenters. The maximum absolute atomic E-state index is 11.7. The minimum atomic E-state index is -3.71. The number of nitrogens with one attached hydrogen (secondary N) is 2. The highest BCUT2D eigenvalue weighted by atomic mass is 32.2. The molecule has 4 N–H and O–H groups in total.